The van der Waals surface area contributed by atoms with E-state index in [4.69, 9.17) is 11.6 Å². The van der Waals surface area contributed by atoms with Crippen molar-refractivity contribution in [3.63, 3.8) is 0 Å². The Hall–Kier alpha value is -1.70. The molecule has 0 saturated heterocycles. The summed E-state index contributed by atoms with van der Waals surface area (Å²) in [6.45, 7) is 0.174. The Labute approximate surface area is 121 Å². The summed E-state index contributed by atoms with van der Waals surface area (Å²) in [5, 5.41) is -0.166. The molecule has 106 valence electrons. The lowest BCUT2D eigenvalue weighted by Gasteiger charge is -2.17. The van der Waals surface area contributed by atoms with Gasteiger partial charge in [0, 0.05) is 32.2 Å². The highest BCUT2D eigenvalue weighted by atomic mass is 35.5. The zero-order valence-electron chi connectivity index (χ0n) is 10.6. The second-order valence-electron chi connectivity index (χ2n) is 4.13. The van der Waals surface area contributed by atoms with Crippen molar-refractivity contribution in [1.29, 1.82) is 0 Å². The fourth-order valence-corrected chi connectivity index (χ4v) is 2.99. The van der Waals surface area contributed by atoms with Gasteiger partial charge in [-0.15, -0.1) is 0 Å². The van der Waals surface area contributed by atoms with Crippen LogP contribution in [-0.2, 0) is 16.6 Å². The van der Waals surface area contributed by atoms with Gasteiger partial charge in [-0.05, 0) is 17.7 Å². The highest BCUT2D eigenvalue weighted by Gasteiger charge is 2.22. The van der Waals surface area contributed by atoms with E-state index >= 15 is 0 Å². The Morgan fingerprint density at radius 3 is 2.80 bits per heavy atom. The van der Waals surface area contributed by atoms with Gasteiger partial charge in [-0.2, -0.15) is 4.31 Å². The number of nitrogens with zero attached hydrogens (tertiary/aromatic N) is 2. The number of sulfonamides is 1. The molecule has 2 aromatic rings. The fourth-order valence-electron chi connectivity index (χ4n) is 1.60. The van der Waals surface area contributed by atoms with Crippen molar-refractivity contribution in [2.75, 3.05) is 7.05 Å². The molecule has 0 aliphatic carbocycles. The van der Waals surface area contributed by atoms with Crippen molar-refractivity contribution >= 4 is 21.6 Å². The van der Waals surface area contributed by atoms with Crippen molar-refractivity contribution in [1.82, 2.24) is 14.3 Å². The second-order valence-corrected chi connectivity index (χ2v) is 6.59. The average molecular weight is 314 g/mol. The molecule has 0 unspecified atom stereocenters. The van der Waals surface area contributed by atoms with Crippen LogP contribution >= 0.6 is 11.6 Å². The number of rotatable bonds is 4. The molecule has 2 aromatic heterocycles. The molecule has 0 aliphatic rings. The van der Waals surface area contributed by atoms with Crippen molar-refractivity contribution < 1.29 is 8.42 Å². The van der Waals surface area contributed by atoms with E-state index in [1.807, 2.05) is 0 Å². The van der Waals surface area contributed by atoms with E-state index in [9.17, 15) is 13.2 Å². The number of aromatic nitrogens is 2. The van der Waals surface area contributed by atoms with Gasteiger partial charge in [0.2, 0.25) is 10.0 Å². The average Bonchev–Trinajstić information content (AvgIpc) is 2.42. The lowest BCUT2D eigenvalue weighted by atomic mass is 10.3. The van der Waals surface area contributed by atoms with Gasteiger partial charge in [-0.25, -0.2) is 8.42 Å². The Balaban J connectivity index is 2.30. The molecular weight excluding hydrogens is 302 g/mol. The minimum absolute atomic E-state index is 0.0616. The Morgan fingerprint density at radius 2 is 2.20 bits per heavy atom. The molecule has 0 radical (unpaired) electrons. The zero-order valence-corrected chi connectivity index (χ0v) is 12.1. The lowest BCUT2D eigenvalue weighted by molar-refractivity contribution is 0.466. The maximum Gasteiger partial charge on any atom is 0.266 e. The number of aromatic amines is 1. The minimum Gasteiger partial charge on any atom is -0.326 e. The third-order valence-corrected chi connectivity index (χ3v) is 4.73. The summed E-state index contributed by atoms with van der Waals surface area (Å²) in [5.74, 6) is 0. The van der Waals surface area contributed by atoms with Gasteiger partial charge in [0.1, 0.15) is 5.02 Å². The van der Waals surface area contributed by atoms with Crippen LogP contribution in [0.2, 0.25) is 5.02 Å². The summed E-state index contributed by atoms with van der Waals surface area (Å²) >= 11 is 5.65. The third-order valence-electron chi connectivity index (χ3n) is 2.67. The van der Waals surface area contributed by atoms with Crippen molar-refractivity contribution in [2.45, 2.75) is 11.4 Å². The molecule has 0 atom stereocenters. The van der Waals surface area contributed by atoms with Crippen molar-refractivity contribution in [3.05, 3.63) is 57.7 Å². The van der Waals surface area contributed by atoms with E-state index in [-0.39, 0.29) is 16.5 Å². The van der Waals surface area contributed by atoms with Crippen molar-refractivity contribution in [3.8, 4) is 0 Å². The highest BCUT2D eigenvalue weighted by Crippen LogP contribution is 2.17. The number of H-pyrrole nitrogens is 1. The topological polar surface area (TPSA) is 83.1 Å². The Morgan fingerprint density at radius 1 is 1.45 bits per heavy atom. The van der Waals surface area contributed by atoms with Gasteiger partial charge >= 0.3 is 0 Å². The van der Waals surface area contributed by atoms with Crippen LogP contribution in [-0.4, -0.2) is 29.7 Å². The van der Waals surface area contributed by atoms with Crippen LogP contribution in [0.15, 0.2) is 46.5 Å². The molecule has 2 heterocycles. The predicted octanol–water partition coefficient (Wildman–Crippen LogP) is 1.24. The van der Waals surface area contributed by atoms with Crippen LogP contribution in [0.5, 0.6) is 0 Å². The molecule has 0 saturated carbocycles. The first-order chi connectivity index (χ1) is 9.41. The summed E-state index contributed by atoms with van der Waals surface area (Å²) in [6.07, 6.45) is 4.33. The van der Waals surface area contributed by atoms with E-state index in [0.29, 0.717) is 0 Å². The normalized spacial score (nSPS) is 11.8. The van der Waals surface area contributed by atoms with E-state index in [0.717, 1.165) is 22.1 Å². The standard InChI is InChI=1S/C12H12ClN3O3S/c1-16(8-9-3-2-4-14-6-9)20(18,19)10-5-11(13)12(17)15-7-10/h2-7H,8H2,1H3,(H,15,17). The Kier molecular flexibility index (Phi) is 4.22. The number of hydrogen-bond donors (Lipinski definition) is 1. The quantitative estimate of drug-likeness (QED) is 0.920. The SMILES string of the molecule is CN(Cc1cccnc1)S(=O)(=O)c1c[nH]c(=O)c(Cl)c1. The molecule has 0 spiro atoms. The van der Waals surface area contributed by atoms with Gasteiger partial charge in [0.05, 0.1) is 4.90 Å². The molecule has 2 rings (SSSR count). The second kappa shape index (κ2) is 5.74. The molecule has 0 fully saturated rings. The fraction of sp³-hybridized carbons (Fsp3) is 0.167. The summed E-state index contributed by atoms with van der Waals surface area (Å²) in [6, 6.07) is 4.64. The maximum absolute atomic E-state index is 12.3. The molecule has 0 amide bonds. The van der Waals surface area contributed by atoms with E-state index in [1.54, 1.807) is 24.5 Å². The summed E-state index contributed by atoms with van der Waals surface area (Å²) in [5.41, 5.74) is 0.231. The molecule has 0 aliphatic heterocycles. The van der Waals surface area contributed by atoms with Gasteiger partial charge < -0.3 is 4.98 Å². The van der Waals surface area contributed by atoms with Crippen LogP contribution in [0, 0.1) is 0 Å². The smallest absolute Gasteiger partial charge is 0.266 e. The van der Waals surface area contributed by atoms with Crippen LogP contribution in [0.1, 0.15) is 5.56 Å². The van der Waals surface area contributed by atoms with Crippen LogP contribution in [0.3, 0.4) is 0 Å². The van der Waals surface area contributed by atoms with E-state index in [2.05, 4.69) is 9.97 Å². The Bertz CT molecular complexity index is 759. The monoisotopic (exact) mass is 313 g/mol. The van der Waals surface area contributed by atoms with Crippen molar-refractivity contribution in [2.24, 2.45) is 0 Å². The van der Waals surface area contributed by atoms with Gasteiger partial charge in [0.15, 0.2) is 0 Å². The van der Waals surface area contributed by atoms with Gasteiger partial charge in [-0.1, -0.05) is 17.7 Å². The molecule has 8 heteroatoms. The summed E-state index contributed by atoms with van der Waals surface area (Å²) < 4.78 is 25.8. The van der Waals surface area contributed by atoms with Gasteiger partial charge in [0.25, 0.3) is 5.56 Å². The molecule has 0 bridgehead atoms. The number of hydrogen-bond acceptors (Lipinski definition) is 4. The lowest BCUT2D eigenvalue weighted by Crippen LogP contribution is -2.27. The van der Waals surface area contributed by atoms with Gasteiger partial charge in [-0.3, -0.25) is 9.78 Å². The molecule has 6 nitrogen and oxygen atoms in total. The first-order valence-corrected chi connectivity index (χ1v) is 7.46. The predicted molar refractivity (Wildman–Crippen MR) is 75.0 cm³/mol. The highest BCUT2D eigenvalue weighted by molar-refractivity contribution is 7.89. The summed E-state index contributed by atoms with van der Waals surface area (Å²) in [7, 11) is -2.28. The number of halogens is 1. The molecule has 0 aromatic carbocycles. The molecule has 20 heavy (non-hydrogen) atoms. The summed E-state index contributed by atoms with van der Waals surface area (Å²) in [4.78, 5) is 17.3. The maximum atomic E-state index is 12.3. The van der Waals surface area contributed by atoms with E-state index in [1.165, 1.54) is 7.05 Å². The minimum atomic E-state index is -3.73. The zero-order chi connectivity index (χ0) is 14.8. The largest absolute Gasteiger partial charge is 0.326 e. The van der Waals surface area contributed by atoms with Crippen LogP contribution < -0.4 is 5.56 Å². The van der Waals surface area contributed by atoms with Crippen LogP contribution in [0.4, 0.5) is 0 Å². The number of pyridine rings is 2. The molecular formula is C12H12ClN3O3S. The van der Waals surface area contributed by atoms with E-state index < -0.39 is 15.6 Å². The first kappa shape index (κ1) is 14.7. The third kappa shape index (κ3) is 3.06. The number of nitrogens with one attached hydrogen (secondary N) is 1. The first-order valence-electron chi connectivity index (χ1n) is 5.65. The van der Waals surface area contributed by atoms with Crippen LogP contribution in [0.25, 0.3) is 0 Å². The molecule has 1 N–H and O–H groups in total.